The van der Waals surface area contributed by atoms with Crippen LogP contribution in [0.15, 0.2) is 24.3 Å². The summed E-state index contributed by atoms with van der Waals surface area (Å²) in [7, 11) is -1.77. The van der Waals surface area contributed by atoms with Crippen molar-refractivity contribution in [3.05, 3.63) is 29.8 Å². The van der Waals surface area contributed by atoms with E-state index in [-0.39, 0.29) is 25.0 Å². The van der Waals surface area contributed by atoms with Gasteiger partial charge in [0.15, 0.2) is 0 Å². The van der Waals surface area contributed by atoms with Crippen molar-refractivity contribution >= 4 is 15.7 Å². The van der Waals surface area contributed by atoms with Gasteiger partial charge in [0.25, 0.3) is 0 Å². The second-order valence-electron chi connectivity index (χ2n) is 4.69. The van der Waals surface area contributed by atoms with Gasteiger partial charge in [0.1, 0.15) is 0 Å². The minimum absolute atomic E-state index is 0.0194. The zero-order valence-corrected chi connectivity index (χ0v) is 12.5. The zero-order chi connectivity index (χ0) is 14.5. The first kappa shape index (κ1) is 15.9. The van der Waals surface area contributed by atoms with Crippen molar-refractivity contribution in [3.63, 3.8) is 0 Å². The van der Waals surface area contributed by atoms with Crippen molar-refractivity contribution in [2.75, 3.05) is 25.1 Å². The summed E-state index contributed by atoms with van der Waals surface area (Å²) in [6.45, 7) is 4.23. The standard InChI is InChI=1S/C13H22N2O3S/c1-11(2)18-8-9-19(16,17)15(3)10-12-6-4-5-7-13(12)14/h4-7,11H,8-10,14H2,1-3H3. The Morgan fingerprint density at radius 3 is 2.53 bits per heavy atom. The molecular weight excluding hydrogens is 264 g/mol. The topological polar surface area (TPSA) is 72.6 Å². The van der Waals surface area contributed by atoms with Gasteiger partial charge in [-0.2, -0.15) is 0 Å². The van der Waals surface area contributed by atoms with Gasteiger partial charge in [-0.3, -0.25) is 0 Å². The molecule has 0 aliphatic carbocycles. The van der Waals surface area contributed by atoms with Crippen molar-refractivity contribution in [2.45, 2.75) is 26.5 Å². The van der Waals surface area contributed by atoms with Gasteiger partial charge in [-0.05, 0) is 25.5 Å². The molecule has 1 aromatic carbocycles. The molecule has 1 rings (SSSR count). The van der Waals surface area contributed by atoms with Crippen LogP contribution in [0.5, 0.6) is 0 Å². The van der Waals surface area contributed by atoms with E-state index in [1.165, 1.54) is 4.31 Å². The number of anilines is 1. The summed E-state index contributed by atoms with van der Waals surface area (Å²) < 4.78 is 30.6. The average molecular weight is 286 g/mol. The number of sulfonamides is 1. The molecule has 19 heavy (non-hydrogen) atoms. The predicted octanol–water partition coefficient (Wildman–Crippen LogP) is 1.46. The molecule has 0 saturated heterocycles. The van der Waals surface area contributed by atoms with Crippen LogP contribution in [-0.2, 0) is 21.3 Å². The van der Waals surface area contributed by atoms with Gasteiger partial charge in [0.05, 0.1) is 18.5 Å². The van der Waals surface area contributed by atoms with E-state index in [9.17, 15) is 8.42 Å². The summed E-state index contributed by atoms with van der Waals surface area (Å²) in [6.07, 6.45) is 0.0327. The van der Waals surface area contributed by atoms with Crippen molar-refractivity contribution in [1.82, 2.24) is 4.31 Å². The summed E-state index contributed by atoms with van der Waals surface area (Å²) in [6, 6.07) is 7.25. The Balaban J connectivity index is 2.61. The number of ether oxygens (including phenoxy) is 1. The van der Waals surface area contributed by atoms with E-state index in [0.29, 0.717) is 5.69 Å². The van der Waals surface area contributed by atoms with Crippen LogP contribution in [0.25, 0.3) is 0 Å². The molecule has 0 fully saturated rings. The first-order chi connectivity index (χ1) is 8.83. The van der Waals surface area contributed by atoms with Crippen molar-refractivity contribution in [1.29, 1.82) is 0 Å². The second kappa shape index (κ2) is 6.88. The van der Waals surface area contributed by atoms with E-state index in [1.54, 1.807) is 13.1 Å². The molecule has 0 aliphatic heterocycles. The number of para-hydroxylation sites is 1. The quantitative estimate of drug-likeness (QED) is 0.770. The maximum absolute atomic E-state index is 12.0. The normalized spacial score (nSPS) is 12.3. The van der Waals surface area contributed by atoms with Gasteiger partial charge >= 0.3 is 0 Å². The predicted molar refractivity (Wildman–Crippen MR) is 77.2 cm³/mol. The summed E-state index contributed by atoms with van der Waals surface area (Å²) in [4.78, 5) is 0. The van der Waals surface area contributed by atoms with E-state index in [4.69, 9.17) is 10.5 Å². The fourth-order valence-electron chi connectivity index (χ4n) is 1.56. The van der Waals surface area contributed by atoms with E-state index < -0.39 is 10.0 Å². The van der Waals surface area contributed by atoms with Crippen LogP contribution in [0.2, 0.25) is 0 Å². The van der Waals surface area contributed by atoms with E-state index >= 15 is 0 Å². The van der Waals surface area contributed by atoms with Crippen LogP contribution in [0.1, 0.15) is 19.4 Å². The Morgan fingerprint density at radius 2 is 1.95 bits per heavy atom. The minimum atomic E-state index is -3.32. The van der Waals surface area contributed by atoms with Gasteiger partial charge in [0, 0.05) is 19.3 Å². The molecule has 5 nitrogen and oxygen atoms in total. The van der Waals surface area contributed by atoms with Crippen LogP contribution in [0.3, 0.4) is 0 Å². The largest absolute Gasteiger partial charge is 0.398 e. The van der Waals surface area contributed by atoms with Crippen molar-refractivity contribution < 1.29 is 13.2 Å². The number of rotatable bonds is 7. The Hall–Kier alpha value is -1.11. The van der Waals surface area contributed by atoms with Crippen LogP contribution < -0.4 is 5.73 Å². The monoisotopic (exact) mass is 286 g/mol. The van der Waals surface area contributed by atoms with Gasteiger partial charge in [-0.15, -0.1) is 0 Å². The maximum atomic E-state index is 12.0. The van der Waals surface area contributed by atoms with E-state index in [0.717, 1.165) is 5.56 Å². The Kier molecular flexibility index (Phi) is 5.78. The second-order valence-corrected chi connectivity index (χ2v) is 6.89. The molecule has 108 valence electrons. The molecule has 0 spiro atoms. The number of hydrogen-bond donors (Lipinski definition) is 1. The zero-order valence-electron chi connectivity index (χ0n) is 11.7. The number of nitrogens with two attached hydrogens (primary N) is 1. The fourth-order valence-corrected chi connectivity index (χ4v) is 2.52. The molecule has 0 atom stereocenters. The minimum Gasteiger partial charge on any atom is -0.398 e. The summed E-state index contributed by atoms with van der Waals surface area (Å²) >= 11 is 0. The highest BCUT2D eigenvalue weighted by Crippen LogP contribution is 2.14. The van der Waals surface area contributed by atoms with Crippen LogP contribution in [0, 0.1) is 0 Å². The highest BCUT2D eigenvalue weighted by molar-refractivity contribution is 7.89. The van der Waals surface area contributed by atoms with Gasteiger partial charge < -0.3 is 10.5 Å². The first-order valence-electron chi connectivity index (χ1n) is 6.22. The molecular formula is C13H22N2O3S. The Labute approximate surface area is 115 Å². The highest BCUT2D eigenvalue weighted by atomic mass is 32.2. The van der Waals surface area contributed by atoms with Gasteiger partial charge in [-0.1, -0.05) is 18.2 Å². The lowest BCUT2D eigenvalue weighted by Gasteiger charge is -2.18. The molecule has 2 N–H and O–H groups in total. The van der Waals surface area contributed by atoms with Crippen LogP contribution in [-0.4, -0.2) is 38.2 Å². The first-order valence-corrected chi connectivity index (χ1v) is 7.83. The molecule has 0 saturated carbocycles. The van der Waals surface area contributed by atoms with E-state index in [1.807, 2.05) is 32.0 Å². The molecule has 0 aromatic heterocycles. The third-order valence-corrected chi connectivity index (χ3v) is 4.48. The molecule has 0 bridgehead atoms. The van der Waals surface area contributed by atoms with Crippen LogP contribution in [0.4, 0.5) is 5.69 Å². The number of nitrogens with zero attached hydrogens (tertiary/aromatic N) is 1. The SMILES string of the molecule is CC(C)OCCS(=O)(=O)N(C)Cc1ccccc1N. The summed E-state index contributed by atoms with van der Waals surface area (Å²) in [5, 5.41) is 0. The molecule has 0 heterocycles. The smallest absolute Gasteiger partial charge is 0.216 e. The molecule has 6 heteroatoms. The number of hydrogen-bond acceptors (Lipinski definition) is 4. The third-order valence-electron chi connectivity index (χ3n) is 2.72. The third kappa shape index (κ3) is 5.18. The number of nitrogen functional groups attached to an aromatic ring is 1. The highest BCUT2D eigenvalue weighted by Gasteiger charge is 2.18. The molecule has 0 unspecified atom stereocenters. The molecule has 0 aliphatic rings. The lowest BCUT2D eigenvalue weighted by molar-refractivity contribution is 0.0907. The molecule has 0 radical (unpaired) electrons. The Morgan fingerprint density at radius 1 is 1.32 bits per heavy atom. The summed E-state index contributed by atoms with van der Waals surface area (Å²) in [5.41, 5.74) is 7.21. The van der Waals surface area contributed by atoms with E-state index in [2.05, 4.69) is 0 Å². The molecule has 0 amide bonds. The lowest BCUT2D eigenvalue weighted by atomic mass is 10.2. The van der Waals surface area contributed by atoms with Crippen molar-refractivity contribution in [2.24, 2.45) is 0 Å². The van der Waals surface area contributed by atoms with Gasteiger partial charge in [-0.25, -0.2) is 12.7 Å². The number of benzene rings is 1. The maximum Gasteiger partial charge on any atom is 0.216 e. The van der Waals surface area contributed by atoms with Crippen LogP contribution >= 0.6 is 0 Å². The summed E-state index contributed by atoms with van der Waals surface area (Å²) in [5.74, 6) is -0.0194. The average Bonchev–Trinajstić information content (AvgIpc) is 2.31. The van der Waals surface area contributed by atoms with Crippen molar-refractivity contribution in [3.8, 4) is 0 Å². The van der Waals surface area contributed by atoms with Gasteiger partial charge in [0.2, 0.25) is 10.0 Å². The lowest BCUT2D eigenvalue weighted by Crippen LogP contribution is -2.31. The Bertz CT molecular complexity index is 500. The molecule has 1 aromatic rings. The fraction of sp³-hybridized carbons (Fsp3) is 0.538.